The van der Waals surface area contributed by atoms with Gasteiger partial charge in [0.25, 0.3) is 0 Å². The minimum atomic E-state index is -4.25. The highest BCUT2D eigenvalue weighted by atomic mass is 31.2. The first-order valence-electron chi connectivity index (χ1n) is 8.12. The van der Waals surface area contributed by atoms with Crippen LogP contribution in [-0.4, -0.2) is 16.4 Å². The average Bonchev–Trinajstić information content (AvgIpc) is 2.33. The molecule has 2 N–H and O–H groups in total. The van der Waals surface area contributed by atoms with Crippen LogP contribution in [0.25, 0.3) is 0 Å². The molecular weight excluding hydrogens is 275 g/mol. The van der Waals surface area contributed by atoms with Crippen molar-refractivity contribution in [3.05, 3.63) is 0 Å². The molecule has 0 aliphatic rings. The Labute approximate surface area is 124 Å². The van der Waals surface area contributed by atoms with Crippen molar-refractivity contribution in [1.29, 1.82) is 0 Å². The van der Waals surface area contributed by atoms with Crippen LogP contribution in [0.3, 0.4) is 0 Å². The van der Waals surface area contributed by atoms with Crippen molar-refractivity contribution in [1.82, 2.24) is 0 Å². The van der Waals surface area contributed by atoms with Crippen molar-refractivity contribution in [2.24, 2.45) is 5.92 Å². The molecule has 0 aromatic heterocycles. The third kappa shape index (κ3) is 18.1. The summed E-state index contributed by atoms with van der Waals surface area (Å²) in [6.07, 6.45) is 13.5. The minimum Gasteiger partial charge on any atom is -0.303 e. The van der Waals surface area contributed by atoms with Gasteiger partial charge >= 0.3 is 7.82 Å². The fraction of sp³-hybridized carbons (Fsp3) is 1.00. The topological polar surface area (TPSA) is 66.8 Å². The van der Waals surface area contributed by atoms with Crippen LogP contribution in [0.15, 0.2) is 0 Å². The molecule has 0 unspecified atom stereocenters. The molecule has 20 heavy (non-hydrogen) atoms. The highest BCUT2D eigenvalue weighted by molar-refractivity contribution is 7.46. The maximum atomic E-state index is 10.4. The zero-order chi connectivity index (χ0) is 15.3. The summed E-state index contributed by atoms with van der Waals surface area (Å²) in [6, 6.07) is 0. The summed E-state index contributed by atoms with van der Waals surface area (Å²) in [4.78, 5) is 17.0. The van der Waals surface area contributed by atoms with Gasteiger partial charge in [0.15, 0.2) is 0 Å². The Bertz CT molecular complexity index is 250. The molecule has 5 heteroatoms. The van der Waals surface area contributed by atoms with E-state index in [1.807, 2.05) is 0 Å². The van der Waals surface area contributed by atoms with Gasteiger partial charge in [-0.25, -0.2) is 4.57 Å². The molecule has 0 amide bonds. The van der Waals surface area contributed by atoms with Gasteiger partial charge in [0.2, 0.25) is 0 Å². The second-order valence-electron chi connectivity index (χ2n) is 6.04. The molecule has 0 bridgehead atoms. The van der Waals surface area contributed by atoms with Crippen LogP contribution in [0.1, 0.15) is 84.5 Å². The highest BCUT2D eigenvalue weighted by Gasteiger charge is 2.12. The van der Waals surface area contributed by atoms with Gasteiger partial charge in [-0.1, -0.05) is 78.1 Å². The van der Waals surface area contributed by atoms with E-state index in [1.54, 1.807) is 0 Å². The summed E-state index contributed by atoms with van der Waals surface area (Å²) in [5.74, 6) is 0.838. The molecule has 4 nitrogen and oxygen atoms in total. The van der Waals surface area contributed by atoms with Crippen LogP contribution in [0.2, 0.25) is 0 Å². The number of hydrogen-bond donors (Lipinski definition) is 2. The summed E-state index contributed by atoms with van der Waals surface area (Å²) >= 11 is 0. The van der Waals surface area contributed by atoms with Crippen molar-refractivity contribution >= 4 is 7.82 Å². The molecule has 0 fully saturated rings. The van der Waals surface area contributed by atoms with Gasteiger partial charge in [-0.3, -0.25) is 4.52 Å². The summed E-state index contributed by atoms with van der Waals surface area (Å²) < 4.78 is 14.8. The SMILES string of the molecule is CC(C)CCCCCCCCCCCCOP(=O)(O)O. The van der Waals surface area contributed by atoms with E-state index in [2.05, 4.69) is 18.4 Å². The van der Waals surface area contributed by atoms with Crippen LogP contribution in [0.5, 0.6) is 0 Å². The van der Waals surface area contributed by atoms with Crippen LogP contribution in [0.4, 0.5) is 0 Å². The summed E-state index contributed by atoms with van der Waals surface area (Å²) in [6.45, 7) is 4.73. The third-order valence-electron chi connectivity index (χ3n) is 3.44. The number of hydrogen-bond acceptors (Lipinski definition) is 2. The van der Waals surface area contributed by atoms with Crippen LogP contribution in [0, 0.1) is 5.92 Å². The summed E-state index contributed by atoms with van der Waals surface area (Å²) in [5, 5.41) is 0. The Hall–Kier alpha value is 0.110. The molecule has 0 radical (unpaired) electrons. The molecule has 0 spiro atoms. The van der Waals surface area contributed by atoms with Crippen molar-refractivity contribution < 1.29 is 18.9 Å². The minimum absolute atomic E-state index is 0.167. The molecule has 0 atom stereocenters. The molecule has 122 valence electrons. The van der Waals surface area contributed by atoms with Gasteiger partial charge < -0.3 is 9.79 Å². The average molecular weight is 308 g/mol. The summed E-state index contributed by atoms with van der Waals surface area (Å²) in [7, 11) is -4.25. The Morgan fingerprint density at radius 1 is 0.800 bits per heavy atom. The molecule has 0 heterocycles. The monoisotopic (exact) mass is 308 g/mol. The molecule has 0 aliphatic heterocycles. The smallest absolute Gasteiger partial charge is 0.303 e. The van der Waals surface area contributed by atoms with E-state index in [1.165, 1.54) is 51.4 Å². The number of phosphoric acid groups is 1. The maximum absolute atomic E-state index is 10.4. The Kier molecular flexibility index (Phi) is 12.9. The van der Waals surface area contributed by atoms with E-state index < -0.39 is 7.82 Å². The quantitative estimate of drug-likeness (QED) is 0.348. The predicted molar refractivity (Wildman–Crippen MR) is 83.6 cm³/mol. The first kappa shape index (κ1) is 20.1. The van der Waals surface area contributed by atoms with Gasteiger partial charge in [0, 0.05) is 0 Å². The molecule has 0 rings (SSSR count). The van der Waals surface area contributed by atoms with E-state index >= 15 is 0 Å². The lowest BCUT2D eigenvalue weighted by Crippen LogP contribution is -1.92. The molecule has 0 aromatic carbocycles. The lowest BCUT2D eigenvalue weighted by Gasteiger charge is -2.05. The zero-order valence-corrected chi connectivity index (χ0v) is 14.1. The molecule has 0 saturated heterocycles. The van der Waals surface area contributed by atoms with Crippen molar-refractivity contribution in [3.63, 3.8) is 0 Å². The molecule has 0 saturated carbocycles. The van der Waals surface area contributed by atoms with Crippen molar-refractivity contribution in [2.75, 3.05) is 6.61 Å². The standard InChI is InChI=1S/C15H33O4P/c1-15(2)13-11-9-7-5-3-4-6-8-10-12-14-19-20(16,17)18/h15H,3-14H2,1-2H3,(H2,16,17,18). The van der Waals surface area contributed by atoms with Gasteiger partial charge in [-0.2, -0.15) is 0 Å². The van der Waals surface area contributed by atoms with E-state index in [9.17, 15) is 4.57 Å². The van der Waals surface area contributed by atoms with Crippen LogP contribution >= 0.6 is 7.82 Å². The first-order chi connectivity index (χ1) is 9.42. The van der Waals surface area contributed by atoms with Gasteiger partial charge in [0.1, 0.15) is 0 Å². The third-order valence-corrected chi connectivity index (χ3v) is 3.95. The number of phosphoric ester groups is 1. The van der Waals surface area contributed by atoms with E-state index in [0.29, 0.717) is 0 Å². The largest absolute Gasteiger partial charge is 0.469 e. The molecule has 0 aliphatic carbocycles. The lowest BCUT2D eigenvalue weighted by molar-refractivity contribution is 0.193. The Balaban J connectivity index is 3.05. The fourth-order valence-electron chi connectivity index (χ4n) is 2.25. The Morgan fingerprint density at radius 2 is 1.20 bits per heavy atom. The van der Waals surface area contributed by atoms with Crippen molar-refractivity contribution in [2.45, 2.75) is 84.5 Å². The van der Waals surface area contributed by atoms with E-state index in [0.717, 1.165) is 25.2 Å². The van der Waals surface area contributed by atoms with Gasteiger partial charge in [0.05, 0.1) is 6.61 Å². The van der Waals surface area contributed by atoms with Gasteiger partial charge in [-0.15, -0.1) is 0 Å². The van der Waals surface area contributed by atoms with Gasteiger partial charge in [-0.05, 0) is 12.3 Å². The van der Waals surface area contributed by atoms with E-state index in [4.69, 9.17) is 9.79 Å². The van der Waals surface area contributed by atoms with Crippen LogP contribution in [-0.2, 0) is 9.09 Å². The predicted octanol–water partition coefficient (Wildman–Crippen LogP) is 5.04. The second-order valence-corrected chi connectivity index (χ2v) is 7.28. The normalized spacial score (nSPS) is 12.2. The first-order valence-corrected chi connectivity index (χ1v) is 9.65. The fourth-order valence-corrected chi connectivity index (χ4v) is 2.62. The number of rotatable bonds is 14. The highest BCUT2D eigenvalue weighted by Crippen LogP contribution is 2.35. The Morgan fingerprint density at radius 3 is 1.60 bits per heavy atom. The molecular formula is C15H33O4P. The summed E-state index contributed by atoms with van der Waals surface area (Å²) in [5.41, 5.74) is 0. The van der Waals surface area contributed by atoms with E-state index in [-0.39, 0.29) is 6.61 Å². The number of unbranched alkanes of at least 4 members (excludes halogenated alkanes) is 9. The maximum Gasteiger partial charge on any atom is 0.469 e. The zero-order valence-electron chi connectivity index (χ0n) is 13.2. The lowest BCUT2D eigenvalue weighted by atomic mass is 10.0. The van der Waals surface area contributed by atoms with Crippen molar-refractivity contribution in [3.8, 4) is 0 Å². The molecule has 0 aromatic rings. The van der Waals surface area contributed by atoms with Crippen LogP contribution < -0.4 is 0 Å². The second kappa shape index (κ2) is 12.8.